The van der Waals surface area contributed by atoms with Crippen LogP contribution in [0.3, 0.4) is 0 Å². The maximum Gasteiger partial charge on any atom is 0.160 e. The van der Waals surface area contributed by atoms with Gasteiger partial charge in [-0.15, -0.1) is 0 Å². The molecule has 0 saturated heterocycles. The van der Waals surface area contributed by atoms with Crippen LogP contribution in [-0.4, -0.2) is 9.97 Å². The Hall–Kier alpha value is -6.12. The first-order valence-electron chi connectivity index (χ1n) is 16.7. The van der Waals surface area contributed by atoms with Gasteiger partial charge < -0.3 is 0 Å². The van der Waals surface area contributed by atoms with Gasteiger partial charge >= 0.3 is 0 Å². The highest BCUT2D eigenvalue weighted by molar-refractivity contribution is 5.95. The largest absolute Gasteiger partial charge is 0.228 e. The van der Waals surface area contributed by atoms with E-state index < -0.39 is 0 Å². The van der Waals surface area contributed by atoms with Gasteiger partial charge in [0, 0.05) is 28.3 Å². The molecule has 0 amide bonds. The van der Waals surface area contributed by atoms with E-state index in [0.29, 0.717) is 0 Å². The Morgan fingerprint density at radius 3 is 1.65 bits per heavy atom. The SMILES string of the molecule is c1ccc(C2c3ccccc3-c3cc(-c4nc(-c5cccc(C6c7ccccc7-c7ccccc76)c5)nc5ccccc45)ccc32)cc1. The lowest BCUT2D eigenvalue weighted by Gasteiger charge is -2.16. The molecule has 0 spiro atoms. The van der Waals surface area contributed by atoms with E-state index in [0.717, 1.165) is 33.5 Å². The van der Waals surface area contributed by atoms with Gasteiger partial charge in [-0.25, -0.2) is 9.97 Å². The van der Waals surface area contributed by atoms with Crippen LogP contribution in [0.5, 0.6) is 0 Å². The highest BCUT2D eigenvalue weighted by Crippen LogP contribution is 2.50. The van der Waals surface area contributed by atoms with Crippen LogP contribution in [0.2, 0.25) is 0 Å². The van der Waals surface area contributed by atoms with Crippen LogP contribution in [0, 0.1) is 0 Å². The zero-order valence-corrected chi connectivity index (χ0v) is 26.2. The van der Waals surface area contributed by atoms with Gasteiger partial charge in [0.2, 0.25) is 0 Å². The van der Waals surface area contributed by atoms with Crippen molar-refractivity contribution in [3.05, 3.63) is 203 Å². The molecule has 0 N–H and O–H groups in total. The zero-order valence-electron chi connectivity index (χ0n) is 26.2. The van der Waals surface area contributed by atoms with Crippen LogP contribution in [0.15, 0.2) is 170 Å². The van der Waals surface area contributed by atoms with E-state index in [-0.39, 0.29) is 11.8 Å². The second-order valence-corrected chi connectivity index (χ2v) is 12.9. The Kier molecular flexibility index (Phi) is 6.04. The molecule has 1 atom stereocenters. The zero-order chi connectivity index (χ0) is 31.6. The average molecular weight is 611 g/mol. The van der Waals surface area contributed by atoms with Crippen LogP contribution in [0.25, 0.3) is 55.8 Å². The third-order valence-electron chi connectivity index (χ3n) is 10.2. The first-order chi connectivity index (χ1) is 23.8. The average Bonchev–Trinajstić information content (AvgIpc) is 3.67. The summed E-state index contributed by atoms with van der Waals surface area (Å²) in [6.07, 6.45) is 0. The van der Waals surface area contributed by atoms with Crippen LogP contribution in [0.1, 0.15) is 45.2 Å². The van der Waals surface area contributed by atoms with Crippen molar-refractivity contribution in [2.45, 2.75) is 11.8 Å². The van der Waals surface area contributed by atoms with Crippen molar-refractivity contribution in [1.29, 1.82) is 0 Å². The third kappa shape index (κ3) is 4.13. The predicted octanol–water partition coefficient (Wildman–Crippen LogP) is 11.3. The van der Waals surface area contributed by atoms with Gasteiger partial charge in [0.15, 0.2) is 5.82 Å². The van der Waals surface area contributed by atoms with E-state index >= 15 is 0 Å². The number of fused-ring (bicyclic) bond motifs is 7. The molecule has 0 fully saturated rings. The van der Waals surface area contributed by atoms with Gasteiger partial charge in [-0.3, -0.25) is 0 Å². The maximum atomic E-state index is 5.35. The van der Waals surface area contributed by atoms with Gasteiger partial charge in [0.1, 0.15) is 0 Å². The topological polar surface area (TPSA) is 25.8 Å². The summed E-state index contributed by atoms with van der Waals surface area (Å²) in [5.41, 5.74) is 17.2. The molecule has 224 valence electrons. The van der Waals surface area contributed by atoms with Gasteiger partial charge in [0.05, 0.1) is 11.2 Å². The summed E-state index contributed by atoms with van der Waals surface area (Å²) in [6.45, 7) is 0. The molecule has 0 aliphatic heterocycles. The lowest BCUT2D eigenvalue weighted by atomic mass is 9.88. The summed E-state index contributed by atoms with van der Waals surface area (Å²) in [4.78, 5) is 10.5. The molecule has 8 aromatic rings. The fraction of sp³-hybridized carbons (Fsp3) is 0.0435. The van der Waals surface area contributed by atoms with Crippen molar-refractivity contribution in [3.8, 4) is 44.9 Å². The minimum atomic E-state index is 0.173. The number of aromatic nitrogens is 2. The lowest BCUT2D eigenvalue weighted by Crippen LogP contribution is -2.01. The highest BCUT2D eigenvalue weighted by Gasteiger charge is 2.31. The minimum absolute atomic E-state index is 0.173. The van der Waals surface area contributed by atoms with E-state index in [2.05, 4.69) is 170 Å². The molecular formula is C46H30N2. The maximum absolute atomic E-state index is 5.35. The monoisotopic (exact) mass is 610 g/mol. The van der Waals surface area contributed by atoms with Crippen LogP contribution < -0.4 is 0 Å². The number of nitrogens with zero attached hydrogens (tertiary/aromatic N) is 2. The van der Waals surface area contributed by atoms with E-state index in [9.17, 15) is 0 Å². The number of hydrogen-bond acceptors (Lipinski definition) is 2. The van der Waals surface area contributed by atoms with Crippen molar-refractivity contribution < 1.29 is 0 Å². The fourth-order valence-corrected chi connectivity index (χ4v) is 8.15. The molecule has 7 aromatic carbocycles. The molecule has 2 heteroatoms. The second-order valence-electron chi connectivity index (χ2n) is 12.9. The van der Waals surface area contributed by atoms with Crippen molar-refractivity contribution in [2.24, 2.45) is 0 Å². The Labute approximate surface area is 280 Å². The lowest BCUT2D eigenvalue weighted by molar-refractivity contribution is 1.01. The van der Waals surface area contributed by atoms with Crippen molar-refractivity contribution in [3.63, 3.8) is 0 Å². The van der Waals surface area contributed by atoms with E-state index in [1.165, 1.54) is 55.6 Å². The summed E-state index contributed by atoms with van der Waals surface area (Å²) in [7, 11) is 0. The first-order valence-corrected chi connectivity index (χ1v) is 16.7. The molecule has 48 heavy (non-hydrogen) atoms. The Bertz CT molecular complexity index is 2480. The van der Waals surface area contributed by atoms with E-state index in [1.807, 2.05) is 0 Å². The number of para-hydroxylation sites is 1. The van der Waals surface area contributed by atoms with Gasteiger partial charge in [0.25, 0.3) is 0 Å². The first kappa shape index (κ1) is 27.0. The Morgan fingerprint density at radius 1 is 0.354 bits per heavy atom. The molecule has 1 heterocycles. The molecule has 2 nitrogen and oxygen atoms in total. The summed E-state index contributed by atoms with van der Waals surface area (Å²) >= 11 is 0. The van der Waals surface area contributed by atoms with E-state index in [1.54, 1.807) is 0 Å². The molecule has 0 saturated carbocycles. The Balaban J connectivity index is 1.12. The Morgan fingerprint density at radius 2 is 0.917 bits per heavy atom. The standard InChI is InChI=1S/C46H30N2/c1-2-13-29(14-3-1)43-38-22-9-6-19-35(38)41-28-31(25-26-39(41)43)45-40-23-10-11-24-42(40)47-46(48-45)32-16-12-15-30(27-32)44-36-20-7-4-17-33(36)34-18-5-8-21-37(34)44/h1-28,43-44H. The molecule has 1 unspecified atom stereocenters. The highest BCUT2D eigenvalue weighted by atomic mass is 14.9. The molecule has 1 aromatic heterocycles. The quantitative estimate of drug-likeness (QED) is 0.198. The van der Waals surface area contributed by atoms with Crippen molar-refractivity contribution >= 4 is 10.9 Å². The predicted molar refractivity (Wildman–Crippen MR) is 196 cm³/mol. The fourth-order valence-electron chi connectivity index (χ4n) is 8.15. The number of rotatable bonds is 4. The molecule has 10 rings (SSSR count). The molecule has 0 bridgehead atoms. The summed E-state index contributed by atoms with van der Waals surface area (Å²) in [5, 5.41) is 1.06. The van der Waals surface area contributed by atoms with Crippen LogP contribution >= 0.6 is 0 Å². The van der Waals surface area contributed by atoms with Crippen LogP contribution in [0.4, 0.5) is 0 Å². The smallest absolute Gasteiger partial charge is 0.160 e. The van der Waals surface area contributed by atoms with Crippen LogP contribution in [-0.2, 0) is 0 Å². The molecule has 0 radical (unpaired) electrons. The van der Waals surface area contributed by atoms with Crippen molar-refractivity contribution in [2.75, 3.05) is 0 Å². The molecular weight excluding hydrogens is 581 g/mol. The van der Waals surface area contributed by atoms with Gasteiger partial charge in [-0.2, -0.15) is 0 Å². The second kappa shape index (κ2) is 10.7. The van der Waals surface area contributed by atoms with Gasteiger partial charge in [-0.1, -0.05) is 152 Å². The molecule has 2 aliphatic carbocycles. The molecule has 2 aliphatic rings. The number of benzene rings is 7. The summed E-state index contributed by atoms with van der Waals surface area (Å²) in [6, 6.07) is 61.4. The summed E-state index contributed by atoms with van der Waals surface area (Å²) < 4.78 is 0. The van der Waals surface area contributed by atoms with E-state index in [4.69, 9.17) is 9.97 Å². The minimum Gasteiger partial charge on any atom is -0.228 e. The number of hydrogen-bond donors (Lipinski definition) is 0. The summed E-state index contributed by atoms with van der Waals surface area (Å²) in [5.74, 6) is 1.14. The van der Waals surface area contributed by atoms with Gasteiger partial charge in [-0.05, 0) is 73.8 Å². The van der Waals surface area contributed by atoms with Crippen molar-refractivity contribution in [1.82, 2.24) is 9.97 Å². The normalized spacial score (nSPS) is 14.4. The third-order valence-corrected chi connectivity index (χ3v) is 10.2.